The van der Waals surface area contributed by atoms with Crippen molar-refractivity contribution in [1.82, 2.24) is 24.5 Å². The molecule has 84 valence electrons. The molecule has 7 nitrogen and oxygen atoms in total. The highest BCUT2D eigenvalue weighted by Gasteiger charge is 2.09. The van der Waals surface area contributed by atoms with Crippen molar-refractivity contribution in [3.63, 3.8) is 0 Å². The topological polar surface area (TPSA) is 109 Å². The Bertz CT molecular complexity index is 444. The van der Waals surface area contributed by atoms with Gasteiger partial charge in [-0.25, -0.2) is 4.98 Å². The molecule has 0 fully saturated rings. The molecule has 0 amide bonds. The van der Waals surface area contributed by atoms with Crippen molar-refractivity contribution in [2.24, 2.45) is 0 Å². The third-order valence-electron chi connectivity index (χ3n) is 2.23. The predicted molar refractivity (Wildman–Crippen MR) is 59.3 cm³/mol. The molecule has 0 aromatic carbocycles. The zero-order valence-electron chi connectivity index (χ0n) is 8.91. The fraction of sp³-hybridized carbons (Fsp3) is 0.333. The van der Waals surface area contributed by atoms with Crippen LogP contribution in [0.5, 0.6) is 0 Å². The fourth-order valence-electron chi connectivity index (χ4n) is 1.45. The molecule has 0 bridgehead atoms. The van der Waals surface area contributed by atoms with Crippen molar-refractivity contribution in [1.29, 1.82) is 0 Å². The van der Waals surface area contributed by atoms with Gasteiger partial charge in [-0.1, -0.05) is 0 Å². The van der Waals surface area contributed by atoms with E-state index < -0.39 is 0 Å². The molecule has 0 aliphatic carbocycles. The number of hydrogen-bond acceptors (Lipinski definition) is 6. The Labute approximate surface area is 92.6 Å². The molecule has 0 spiro atoms. The summed E-state index contributed by atoms with van der Waals surface area (Å²) >= 11 is 0. The molecule has 2 rings (SSSR count). The molecule has 2 aromatic heterocycles. The molecule has 2 heterocycles. The molecular weight excluding hydrogens is 206 g/mol. The highest BCUT2D eigenvalue weighted by atomic mass is 15.1. The molecule has 0 aliphatic rings. The molecular formula is C9H13N7. The van der Waals surface area contributed by atoms with Crippen molar-refractivity contribution in [2.45, 2.75) is 19.4 Å². The van der Waals surface area contributed by atoms with Gasteiger partial charge in [0.1, 0.15) is 5.82 Å². The number of hydrogen-bond donors (Lipinski definition) is 2. The first-order valence-electron chi connectivity index (χ1n) is 4.88. The van der Waals surface area contributed by atoms with E-state index in [4.69, 9.17) is 11.5 Å². The quantitative estimate of drug-likeness (QED) is 0.754. The Morgan fingerprint density at radius 1 is 1.25 bits per heavy atom. The lowest BCUT2D eigenvalue weighted by molar-refractivity contribution is 0.530. The van der Waals surface area contributed by atoms with Gasteiger partial charge < -0.3 is 16.0 Å². The van der Waals surface area contributed by atoms with E-state index >= 15 is 0 Å². The van der Waals surface area contributed by atoms with Crippen molar-refractivity contribution in [3.05, 3.63) is 24.5 Å². The maximum absolute atomic E-state index is 5.49. The number of nitrogens with zero attached hydrogens (tertiary/aromatic N) is 5. The van der Waals surface area contributed by atoms with Gasteiger partial charge in [-0.3, -0.25) is 0 Å². The number of nitrogen functional groups attached to an aromatic ring is 2. The van der Waals surface area contributed by atoms with Crippen molar-refractivity contribution < 1.29 is 0 Å². The normalized spacial score (nSPS) is 12.6. The van der Waals surface area contributed by atoms with Crippen LogP contribution in [0.1, 0.15) is 18.8 Å². The van der Waals surface area contributed by atoms with E-state index in [-0.39, 0.29) is 17.9 Å². The van der Waals surface area contributed by atoms with Crippen LogP contribution in [-0.4, -0.2) is 24.5 Å². The second-order valence-corrected chi connectivity index (χ2v) is 3.53. The molecule has 1 unspecified atom stereocenters. The molecule has 7 heteroatoms. The van der Waals surface area contributed by atoms with Crippen molar-refractivity contribution >= 4 is 11.9 Å². The van der Waals surface area contributed by atoms with E-state index in [2.05, 4.69) is 19.9 Å². The maximum Gasteiger partial charge on any atom is 0.225 e. The third-order valence-corrected chi connectivity index (χ3v) is 2.23. The van der Waals surface area contributed by atoms with Gasteiger partial charge in [0.2, 0.25) is 11.9 Å². The van der Waals surface area contributed by atoms with Gasteiger partial charge in [0.25, 0.3) is 0 Å². The second kappa shape index (κ2) is 4.13. The molecule has 0 saturated heterocycles. The van der Waals surface area contributed by atoms with Crippen LogP contribution in [0.15, 0.2) is 18.7 Å². The Balaban J connectivity index is 2.15. The maximum atomic E-state index is 5.49. The molecule has 1 atom stereocenters. The first-order chi connectivity index (χ1) is 7.65. The molecule has 16 heavy (non-hydrogen) atoms. The van der Waals surface area contributed by atoms with E-state index in [0.717, 1.165) is 0 Å². The standard InChI is InChI=1S/C9H13N7/c1-6(16-3-2-12-5-16)4-7-13-8(10)15-9(11)14-7/h2-3,5-6H,4H2,1H3,(H4,10,11,13,14,15). The van der Waals surface area contributed by atoms with E-state index in [1.165, 1.54) is 0 Å². The van der Waals surface area contributed by atoms with E-state index in [0.29, 0.717) is 12.2 Å². The predicted octanol–water partition coefficient (Wildman–Crippen LogP) is 0.0362. The van der Waals surface area contributed by atoms with Crippen LogP contribution in [0, 0.1) is 0 Å². The number of anilines is 2. The lowest BCUT2D eigenvalue weighted by atomic mass is 10.2. The SMILES string of the molecule is CC(Cc1nc(N)nc(N)n1)n1ccnc1. The number of nitrogens with two attached hydrogens (primary N) is 2. The highest BCUT2D eigenvalue weighted by molar-refractivity contribution is 5.25. The molecule has 0 aliphatic heterocycles. The summed E-state index contributed by atoms with van der Waals surface area (Å²) in [6.07, 6.45) is 6.00. The van der Waals surface area contributed by atoms with Crippen LogP contribution < -0.4 is 11.5 Å². The minimum atomic E-state index is 0.153. The summed E-state index contributed by atoms with van der Waals surface area (Å²) in [6, 6.07) is 0.198. The van der Waals surface area contributed by atoms with Crippen LogP contribution in [0.3, 0.4) is 0 Å². The smallest absolute Gasteiger partial charge is 0.225 e. The average molecular weight is 219 g/mol. The van der Waals surface area contributed by atoms with E-state index in [1.807, 2.05) is 17.7 Å². The highest BCUT2D eigenvalue weighted by Crippen LogP contribution is 2.11. The molecule has 2 aromatic rings. The summed E-state index contributed by atoms with van der Waals surface area (Å²) in [7, 11) is 0. The average Bonchev–Trinajstić information content (AvgIpc) is 2.68. The van der Waals surface area contributed by atoms with Crippen LogP contribution in [0.4, 0.5) is 11.9 Å². The van der Waals surface area contributed by atoms with Gasteiger partial charge >= 0.3 is 0 Å². The van der Waals surface area contributed by atoms with E-state index in [9.17, 15) is 0 Å². The van der Waals surface area contributed by atoms with E-state index in [1.54, 1.807) is 12.5 Å². The summed E-state index contributed by atoms with van der Waals surface area (Å²) < 4.78 is 1.97. The second-order valence-electron chi connectivity index (χ2n) is 3.53. The molecule has 4 N–H and O–H groups in total. The van der Waals surface area contributed by atoms with Crippen molar-refractivity contribution in [3.8, 4) is 0 Å². The van der Waals surface area contributed by atoms with Gasteiger partial charge in [0.15, 0.2) is 0 Å². The van der Waals surface area contributed by atoms with Crippen LogP contribution in [0.2, 0.25) is 0 Å². The van der Waals surface area contributed by atoms with Crippen LogP contribution in [0.25, 0.3) is 0 Å². The molecule has 0 radical (unpaired) electrons. The third kappa shape index (κ3) is 2.25. The number of imidazole rings is 1. The minimum absolute atomic E-state index is 0.153. The Morgan fingerprint density at radius 2 is 1.94 bits per heavy atom. The zero-order chi connectivity index (χ0) is 11.5. The zero-order valence-corrected chi connectivity index (χ0v) is 8.91. The van der Waals surface area contributed by atoms with Gasteiger partial charge in [-0.05, 0) is 6.92 Å². The minimum Gasteiger partial charge on any atom is -0.368 e. The Morgan fingerprint density at radius 3 is 2.50 bits per heavy atom. The summed E-state index contributed by atoms with van der Waals surface area (Å²) in [5.74, 6) is 0.895. The summed E-state index contributed by atoms with van der Waals surface area (Å²) in [6.45, 7) is 2.04. The number of rotatable bonds is 3. The lowest BCUT2D eigenvalue weighted by Crippen LogP contribution is -2.12. The Kier molecular flexibility index (Phi) is 2.67. The Hall–Kier alpha value is -2.18. The lowest BCUT2D eigenvalue weighted by Gasteiger charge is -2.11. The number of aromatic nitrogens is 5. The van der Waals surface area contributed by atoms with Crippen molar-refractivity contribution in [2.75, 3.05) is 11.5 Å². The first-order valence-corrected chi connectivity index (χ1v) is 4.88. The molecule has 0 saturated carbocycles. The van der Waals surface area contributed by atoms with Gasteiger partial charge in [0, 0.05) is 24.9 Å². The van der Waals surface area contributed by atoms with Crippen LogP contribution in [-0.2, 0) is 6.42 Å². The van der Waals surface area contributed by atoms with Gasteiger partial charge in [0.05, 0.1) is 6.33 Å². The fourth-order valence-corrected chi connectivity index (χ4v) is 1.45. The summed E-state index contributed by atoms with van der Waals surface area (Å²) in [4.78, 5) is 15.8. The summed E-state index contributed by atoms with van der Waals surface area (Å²) in [5, 5.41) is 0. The summed E-state index contributed by atoms with van der Waals surface area (Å²) in [5.41, 5.74) is 11.0. The largest absolute Gasteiger partial charge is 0.368 e. The monoisotopic (exact) mass is 219 g/mol. The van der Waals surface area contributed by atoms with Gasteiger partial charge in [-0.2, -0.15) is 15.0 Å². The van der Waals surface area contributed by atoms with Crippen LogP contribution >= 0.6 is 0 Å². The van der Waals surface area contributed by atoms with Gasteiger partial charge in [-0.15, -0.1) is 0 Å². The first kappa shape index (κ1) is 10.3.